The molecule has 0 aromatic carbocycles. The van der Waals surface area contributed by atoms with Crippen molar-refractivity contribution in [1.82, 2.24) is 4.90 Å². The Morgan fingerprint density at radius 1 is 1.21 bits per heavy atom. The number of hydrogen-bond donors (Lipinski definition) is 0. The number of likely N-dealkylation sites (tertiary alicyclic amines) is 1. The summed E-state index contributed by atoms with van der Waals surface area (Å²) in [5.74, 6) is 0.475. The van der Waals surface area contributed by atoms with Crippen molar-refractivity contribution in [2.75, 3.05) is 19.7 Å². The van der Waals surface area contributed by atoms with Gasteiger partial charge in [-0.3, -0.25) is 9.69 Å². The Morgan fingerprint density at radius 3 is 2.47 bits per heavy atom. The van der Waals surface area contributed by atoms with Gasteiger partial charge in [0.1, 0.15) is 5.54 Å². The minimum absolute atomic E-state index is 0. The Hall–Kier alpha value is -0.280. The molecule has 4 heteroatoms. The molecular weight excluding hydrogens is 262 g/mol. The molecule has 0 radical (unpaired) electrons. The maximum atomic E-state index is 12.6. The molecule has 0 spiro atoms. The minimum atomic E-state index is -0.311. The summed E-state index contributed by atoms with van der Waals surface area (Å²) in [6.45, 7) is 6.80. The van der Waals surface area contributed by atoms with Crippen LogP contribution in [0.4, 0.5) is 0 Å². The Bertz CT molecular complexity index is 292. The van der Waals surface area contributed by atoms with Crippen LogP contribution in [-0.2, 0) is 9.53 Å². The highest BCUT2D eigenvalue weighted by Gasteiger charge is 2.50. The van der Waals surface area contributed by atoms with Gasteiger partial charge in [-0.05, 0) is 51.6 Å². The van der Waals surface area contributed by atoms with Crippen molar-refractivity contribution in [1.29, 1.82) is 0 Å². The van der Waals surface area contributed by atoms with Gasteiger partial charge in [0.2, 0.25) is 0 Å². The monoisotopic (exact) mass is 289 g/mol. The van der Waals surface area contributed by atoms with Crippen LogP contribution in [0.5, 0.6) is 0 Å². The molecule has 2 atom stereocenters. The summed E-state index contributed by atoms with van der Waals surface area (Å²) in [6.07, 6.45) is 8.35. The van der Waals surface area contributed by atoms with E-state index in [1.807, 2.05) is 6.92 Å². The highest BCUT2D eigenvalue weighted by atomic mass is 35.5. The van der Waals surface area contributed by atoms with E-state index < -0.39 is 0 Å². The van der Waals surface area contributed by atoms with Crippen LogP contribution in [0.3, 0.4) is 0 Å². The lowest BCUT2D eigenvalue weighted by atomic mass is 9.71. The quantitative estimate of drug-likeness (QED) is 0.746. The van der Waals surface area contributed by atoms with E-state index in [1.54, 1.807) is 0 Å². The number of piperidine rings is 1. The summed E-state index contributed by atoms with van der Waals surface area (Å²) in [6, 6.07) is 0. The zero-order valence-corrected chi connectivity index (χ0v) is 13.1. The van der Waals surface area contributed by atoms with Crippen LogP contribution in [0, 0.1) is 5.92 Å². The van der Waals surface area contributed by atoms with Gasteiger partial charge >= 0.3 is 5.97 Å². The number of esters is 1. The lowest BCUT2D eigenvalue weighted by Gasteiger charge is -2.49. The van der Waals surface area contributed by atoms with Crippen LogP contribution < -0.4 is 0 Å². The topological polar surface area (TPSA) is 29.5 Å². The molecule has 1 saturated carbocycles. The zero-order chi connectivity index (χ0) is 13.0. The van der Waals surface area contributed by atoms with E-state index in [-0.39, 0.29) is 23.9 Å². The first-order chi connectivity index (χ1) is 8.71. The number of ether oxygens (including phenoxy) is 1. The number of carbonyl (C=O) groups excluding carboxylic acids is 1. The zero-order valence-electron chi connectivity index (χ0n) is 12.3. The smallest absolute Gasteiger partial charge is 0.326 e. The van der Waals surface area contributed by atoms with Crippen LogP contribution in [0.15, 0.2) is 0 Å². The van der Waals surface area contributed by atoms with Crippen molar-refractivity contribution in [3.8, 4) is 0 Å². The third kappa shape index (κ3) is 3.25. The fourth-order valence-electron chi connectivity index (χ4n) is 3.78. The predicted molar refractivity (Wildman–Crippen MR) is 79.7 cm³/mol. The van der Waals surface area contributed by atoms with E-state index in [9.17, 15) is 4.79 Å². The van der Waals surface area contributed by atoms with Gasteiger partial charge < -0.3 is 4.74 Å². The molecule has 0 bridgehead atoms. The summed E-state index contributed by atoms with van der Waals surface area (Å²) in [5, 5.41) is 0. The van der Waals surface area contributed by atoms with Crippen molar-refractivity contribution in [3.63, 3.8) is 0 Å². The van der Waals surface area contributed by atoms with Crippen molar-refractivity contribution in [2.45, 2.75) is 64.3 Å². The molecule has 19 heavy (non-hydrogen) atoms. The van der Waals surface area contributed by atoms with Crippen molar-refractivity contribution in [2.24, 2.45) is 5.92 Å². The molecule has 0 amide bonds. The van der Waals surface area contributed by atoms with Gasteiger partial charge in [0.25, 0.3) is 0 Å². The third-order valence-corrected chi connectivity index (χ3v) is 4.81. The Morgan fingerprint density at radius 2 is 1.89 bits per heavy atom. The van der Waals surface area contributed by atoms with E-state index in [0.717, 1.165) is 25.9 Å². The third-order valence-electron chi connectivity index (χ3n) is 4.81. The van der Waals surface area contributed by atoms with Gasteiger partial charge in [-0.2, -0.15) is 0 Å². The first kappa shape index (κ1) is 16.8. The van der Waals surface area contributed by atoms with Crippen LogP contribution in [0.2, 0.25) is 0 Å². The largest absolute Gasteiger partial charge is 0.465 e. The molecule has 1 aliphatic heterocycles. The Balaban J connectivity index is 0.00000180. The number of carbonyl (C=O) groups is 1. The van der Waals surface area contributed by atoms with Crippen molar-refractivity contribution >= 4 is 18.4 Å². The summed E-state index contributed by atoms with van der Waals surface area (Å²) < 4.78 is 5.43. The standard InChI is InChI=1S/C15H27NO2.ClH/c1-3-18-14(17)15(10-6-5-9-13(15)2)16-11-7-4-8-12-16;/h13H,3-12H2,1-2H3;1H. The number of hydrogen-bond acceptors (Lipinski definition) is 3. The normalized spacial score (nSPS) is 32.4. The first-order valence-corrected chi connectivity index (χ1v) is 7.64. The average molecular weight is 290 g/mol. The molecule has 1 aliphatic carbocycles. The Labute approximate surface area is 123 Å². The fraction of sp³-hybridized carbons (Fsp3) is 0.933. The average Bonchev–Trinajstić information content (AvgIpc) is 2.41. The molecule has 0 aromatic rings. The van der Waals surface area contributed by atoms with E-state index in [1.165, 1.54) is 32.1 Å². The van der Waals surface area contributed by atoms with E-state index in [2.05, 4.69) is 11.8 Å². The van der Waals surface area contributed by atoms with Crippen LogP contribution in [0.25, 0.3) is 0 Å². The second kappa shape index (κ2) is 7.49. The van der Waals surface area contributed by atoms with Crippen LogP contribution >= 0.6 is 12.4 Å². The van der Waals surface area contributed by atoms with E-state index in [4.69, 9.17) is 4.74 Å². The first-order valence-electron chi connectivity index (χ1n) is 7.64. The van der Waals surface area contributed by atoms with Gasteiger partial charge in [0.15, 0.2) is 0 Å². The second-order valence-corrected chi connectivity index (χ2v) is 5.84. The molecule has 0 aromatic heterocycles. The van der Waals surface area contributed by atoms with Gasteiger partial charge in [0.05, 0.1) is 6.61 Å². The summed E-state index contributed by atoms with van der Waals surface area (Å²) >= 11 is 0. The molecule has 2 unspecified atom stereocenters. The van der Waals surface area contributed by atoms with Gasteiger partial charge in [-0.1, -0.05) is 26.2 Å². The lowest BCUT2D eigenvalue weighted by Crippen LogP contribution is -2.61. The molecule has 1 heterocycles. The summed E-state index contributed by atoms with van der Waals surface area (Å²) in [7, 11) is 0. The second-order valence-electron chi connectivity index (χ2n) is 5.84. The molecular formula is C15H28ClNO2. The fourth-order valence-corrected chi connectivity index (χ4v) is 3.78. The molecule has 2 fully saturated rings. The number of halogens is 1. The number of nitrogens with zero attached hydrogens (tertiary/aromatic N) is 1. The maximum absolute atomic E-state index is 12.6. The van der Waals surface area contributed by atoms with Crippen molar-refractivity contribution in [3.05, 3.63) is 0 Å². The SMILES string of the molecule is CCOC(=O)C1(N2CCCCC2)CCCCC1C.Cl. The van der Waals surface area contributed by atoms with Crippen LogP contribution in [0.1, 0.15) is 58.8 Å². The molecule has 2 aliphatic rings. The van der Waals surface area contributed by atoms with E-state index >= 15 is 0 Å². The summed E-state index contributed by atoms with van der Waals surface area (Å²) in [5.41, 5.74) is -0.311. The predicted octanol–water partition coefficient (Wildman–Crippen LogP) is 3.41. The van der Waals surface area contributed by atoms with E-state index in [0.29, 0.717) is 12.5 Å². The number of rotatable bonds is 3. The maximum Gasteiger partial charge on any atom is 0.326 e. The van der Waals surface area contributed by atoms with Gasteiger partial charge in [-0.25, -0.2) is 0 Å². The summed E-state index contributed by atoms with van der Waals surface area (Å²) in [4.78, 5) is 15.0. The van der Waals surface area contributed by atoms with Gasteiger partial charge in [-0.15, -0.1) is 12.4 Å². The minimum Gasteiger partial charge on any atom is -0.465 e. The molecule has 3 nitrogen and oxygen atoms in total. The van der Waals surface area contributed by atoms with Gasteiger partial charge in [0, 0.05) is 0 Å². The highest BCUT2D eigenvalue weighted by Crippen LogP contribution is 2.40. The highest BCUT2D eigenvalue weighted by molar-refractivity contribution is 5.85. The lowest BCUT2D eigenvalue weighted by molar-refractivity contribution is -0.166. The molecule has 2 rings (SSSR count). The van der Waals surface area contributed by atoms with Crippen LogP contribution in [-0.4, -0.2) is 36.1 Å². The molecule has 0 N–H and O–H groups in total. The molecule has 1 saturated heterocycles. The Kier molecular flexibility index (Phi) is 6.61. The molecule has 112 valence electrons. The van der Waals surface area contributed by atoms with Crippen molar-refractivity contribution < 1.29 is 9.53 Å².